The molecule has 2 aliphatic carbocycles. The van der Waals surface area contributed by atoms with Gasteiger partial charge in [-0.25, -0.2) is 9.59 Å². The topological polar surface area (TPSA) is 122 Å². The highest BCUT2D eigenvalue weighted by molar-refractivity contribution is 7.87. The molecule has 6 atom stereocenters. The van der Waals surface area contributed by atoms with Gasteiger partial charge in [-0.3, -0.25) is 8.98 Å². The molecule has 1 aliphatic heterocycles. The molecule has 3 aliphatic rings. The fraction of sp³-hybridized carbons (Fsp3) is 0.688. The maximum Gasteiger partial charge on any atom is 0.344 e. The van der Waals surface area contributed by atoms with Crippen molar-refractivity contribution in [2.45, 2.75) is 37.2 Å². The molecule has 26 heavy (non-hydrogen) atoms. The molecule has 0 aromatic heterocycles. The third-order valence-electron chi connectivity index (χ3n) is 5.25. The number of carbonyl (C=O) groups is 3. The number of methoxy groups -OCH3 is 1. The van der Waals surface area contributed by atoms with Crippen molar-refractivity contribution in [3.8, 4) is 0 Å². The van der Waals surface area contributed by atoms with Crippen LogP contribution in [0.1, 0.15) is 19.8 Å². The van der Waals surface area contributed by atoms with E-state index in [9.17, 15) is 22.8 Å². The summed E-state index contributed by atoms with van der Waals surface area (Å²) >= 11 is 0. The third-order valence-corrected chi connectivity index (χ3v) is 7.11. The predicted octanol–water partition coefficient (Wildman–Crippen LogP) is -0.0563. The van der Waals surface area contributed by atoms with Crippen molar-refractivity contribution in [3.05, 3.63) is 12.2 Å². The fourth-order valence-electron chi connectivity index (χ4n) is 4.27. The Bertz CT molecular complexity index is 756. The standard InChI is InChI=1S/C16H20O9S/c1-7(2)16(19)23-6-12(18)24-13-8-4-10-14(13)25-26(20,21)15(10)9(8)5-11(17)22-3/h8-10,13-15H,1,4-6H2,2-3H3. The van der Waals surface area contributed by atoms with Crippen LogP contribution < -0.4 is 0 Å². The van der Waals surface area contributed by atoms with Gasteiger partial charge in [0.05, 0.1) is 18.8 Å². The van der Waals surface area contributed by atoms with Crippen LogP contribution in [0.15, 0.2) is 12.2 Å². The molecule has 1 saturated heterocycles. The minimum Gasteiger partial charge on any atom is -0.469 e. The van der Waals surface area contributed by atoms with Crippen LogP contribution in [0.5, 0.6) is 0 Å². The van der Waals surface area contributed by atoms with Gasteiger partial charge in [0.2, 0.25) is 0 Å². The van der Waals surface area contributed by atoms with Crippen LogP contribution in [0.4, 0.5) is 0 Å². The van der Waals surface area contributed by atoms with Crippen LogP contribution in [0.2, 0.25) is 0 Å². The maximum absolute atomic E-state index is 12.3. The van der Waals surface area contributed by atoms with Crippen LogP contribution in [0.3, 0.4) is 0 Å². The summed E-state index contributed by atoms with van der Waals surface area (Å²) in [5.41, 5.74) is 0.143. The number of fused-ring (bicyclic) bond motifs is 1. The molecular weight excluding hydrogens is 368 g/mol. The van der Waals surface area contributed by atoms with E-state index in [1.807, 2.05) is 0 Å². The first-order chi connectivity index (χ1) is 12.2. The van der Waals surface area contributed by atoms with Gasteiger partial charge >= 0.3 is 17.9 Å². The van der Waals surface area contributed by atoms with E-state index in [2.05, 4.69) is 11.3 Å². The molecular formula is C16H20O9S. The van der Waals surface area contributed by atoms with Gasteiger partial charge in [-0.15, -0.1) is 0 Å². The van der Waals surface area contributed by atoms with E-state index >= 15 is 0 Å². The second-order valence-corrected chi connectivity index (χ2v) is 8.56. The van der Waals surface area contributed by atoms with Crippen molar-refractivity contribution in [3.63, 3.8) is 0 Å². The summed E-state index contributed by atoms with van der Waals surface area (Å²) in [6, 6.07) is 0. The van der Waals surface area contributed by atoms with Crippen LogP contribution >= 0.6 is 0 Å². The molecule has 3 rings (SSSR count). The highest BCUT2D eigenvalue weighted by atomic mass is 32.2. The third kappa shape index (κ3) is 3.11. The van der Waals surface area contributed by atoms with E-state index in [1.165, 1.54) is 14.0 Å². The van der Waals surface area contributed by atoms with Gasteiger partial charge in [-0.1, -0.05) is 6.58 Å². The molecule has 6 unspecified atom stereocenters. The molecule has 10 heteroatoms. The molecule has 0 spiro atoms. The van der Waals surface area contributed by atoms with Crippen molar-refractivity contribution < 1.29 is 41.2 Å². The van der Waals surface area contributed by atoms with Gasteiger partial charge in [-0.2, -0.15) is 8.42 Å². The number of carbonyl (C=O) groups excluding carboxylic acids is 3. The van der Waals surface area contributed by atoms with E-state index in [0.717, 1.165) is 0 Å². The number of hydrogen-bond donors (Lipinski definition) is 0. The average molecular weight is 388 g/mol. The van der Waals surface area contributed by atoms with Crippen molar-refractivity contribution in [1.29, 1.82) is 0 Å². The number of ether oxygens (including phenoxy) is 3. The average Bonchev–Trinajstić information content (AvgIpc) is 3.15. The lowest BCUT2D eigenvalue weighted by Crippen LogP contribution is -2.43. The Morgan fingerprint density at radius 2 is 1.88 bits per heavy atom. The molecule has 1 heterocycles. The Hall–Kier alpha value is -1.94. The van der Waals surface area contributed by atoms with Crippen molar-refractivity contribution in [2.24, 2.45) is 17.8 Å². The number of rotatable bonds is 6. The Morgan fingerprint density at radius 3 is 2.50 bits per heavy atom. The fourth-order valence-corrected chi connectivity index (χ4v) is 6.39. The summed E-state index contributed by atoms with van der Waals surface area (Å²) in [6.45, 7) is 4.24. The molecule has 9 nitrogen and oxygen atoms in total. The minimum absolute atomic E-state index is 0.0870. The molecule has 3 fully saturated rings. The molecule has 2 saturated carbocycles. The first kappa shape index (κ1) is 18.8. The highest BCUT2D eigenvalue weighted by Crippen LogP contribution is 2.59. The van der Waals surface area contributed by atoms with E-state index in [4.69, 9.17) is 13.7 Å². The molecule has 0 aromatic rings. The van der Waals surface area contributed by atoms with Gasteiger partial charge in [0, 0.05) is 17.4 Å². The predicted molar refractivity (Wildman–Crippen MR) is 85.0 cm³/mol. The van der Waals surface area contributed by atoms with E-state index in [1.54, 1.807) is 0 Å². The second-order valence-electron chi connectivity index (χ2n) is 6.84. The van der Waals surface area contributed by atoms with Gasteiger partial charge in [-0.05, 0) is 19.3 Å². The molecule has 0 N–H and O–H groups in total. The minimum atomic E-state index is -3.84. The molecule has 0 amide bonds. The first-order valence-electron chi connectivity index (χ1n) is 8.16. The number of esters is 3. The lowest BCUT2D eigenvalue weighted by Gasteiger charge is -2.30. The smallest absolute Gasteiger partial charge is 0.344 e. The number of hydrogen-bond acceptors (Lipinski definition) is 9. The Labute approximate surface area is 150 Å². The maximum atomic E-state index is 12.3. The quantitative estimate of drug-likeness (QED) is 0.266. The molecule has 0 aromatic carbocycles. The van der Waals surface area contributed by atoms with Gasteiger partial charge < -0.3 is 14.2 Å². The summed E-state index contributed by atoms with van der Waals surface area (Å²) < 4.78 is 44.5. The Balaban J connectivity index is 1.71. The van der Waals surface area contributed by atoms with E-state index in [-0.39, 0.29) is 23.8 Å². The second kappa shape index (κ2) is 6.66. The Morgan fingerprint density at radius 1 is 1.19 bits per heavy atom. The monoisotopic (exact) mass is 388 g/mol. The van der Waals surface area contributed by atoms with Crippen molar-refractivity contribution in [1.82, 2.24) is 0 Å². The van der Waals surface area contributed by atoms with Crippen LogP contribution in [0.25, 0.3) is 0 Å². The summed E-state index contributed by atoms with van der Waals surface area (Å²) in [6.07, 6.45) is -1.17. The summed E-state index contributed by atoms with van der Waals surface area (Å²) in [4.78, 5) is 35.0. The summed E-state index contributed by atoms with van der Waals surface area (Å²) in [7, 11) is -2.61. The van der Waals surface area contributed by atoms with Crippen LogP contribution in [0, 0.1) is 17.8 Å². The van der Waals surface area contributed by atoms with Crippen LogP contribution in [-0.4, -0.2) is 57.5 Å². The lowest BCUT2D eigenvalue weighted by molar-refractivity contribution is -0.167. The zero-order valence-electron chi connectivity index (χ0n) is 14.4. The first-order valence-corrected chi connectivity index (χ1v) is 9.64. The molecule has 144 valence electrons. The van der Waals surface area contributed by atoms with Crippen LogP contribution in [-0.2, 0) is 42.9 Å². The lowest BCUT2D eigenvalue weighted by atomic mass is 9.82. The molecule has 2 bridgehead atoms. The SMILES string of the molecule is C=C(C)C(=O)OCC(=O)OC1C2CC3C1OS(=O)(=O)C3C2CC(=O)OC. The summed E-state index contributed by atoms with van der Waals surface area (Å²) in [5.74, 6) is -3.24. The van der Waals surface area contributed by atoms with Crippen molar-refractivity contribution >= 4 is 28.0 Å². The largest absolute Gasteiger partial charge is 0.469 e. The van der Waals surface area contributed by atoms with Gasteiger partial charge in [0.15, 0.2) is 6.61 Å². The molecule has 0 radical (unpaired) electrons. The Kier molecular flexibility index (Phi) is 4.82. The van der Waals surface area contributed by atoms with E-state index in [0.29, 0.717) is 6.42 Å². The highest BCUT2D eigenvalue weighted by Gasteiger charge is 2.70. The van der Waals surface area contributed by atoms with E-state index < -0.39 is 58.0 Å². The zero-order valence-corrected chi connectivity index (χ0v) is 15.2. The normalized spacial score (nSPS) is 35.8. The van der Waals surface area contributed by atoms with Gasteiger partial charge in [0.25, 0.3) is 10.1 Å². The zero-order chi connectivity index (χ0) is 19.2. The van der Waals surface area contributed by atoms with Crippen molar-refractivity contribution in [2.75, 3.05) is 13.7 Å². The summed E-state index contributed by atoms with van der Waals surface area (Å²) in [5, 5.41) is -0.784. The van der Waals surface area contributed by atoms with Gasteiger partial charge in [0.1, 0.15) is 12.2 Å².